The van der Waals surface area contributed by atoms with Gasteiger partial charge in [0.1, 0.15) is 5.75 Å². The van der Waals surface area contributed by atoms with Crippen molar-refractivity contribution in [3.63, 3.8) is 0 Å². The first-order valence-corrected chi connectivity index (χ1v) is 5.18. The molecule has 0 heterocycles. The summed E-state index contributed by atoms with van der Waals surface area (Å²) in [4.78, 5) is 22.0. The van der Waals surface area contributed by atoms with E-state index >= 15 is 0 Å². The van der Waals surface area contributed by atoms with E-state index in [1.165, 1.54) is 6.92 Å². The molecule has 1 aromatic carbocycles. The van der Waals surface area contributed by atoms with Crippen molar-refractivity contribution in [3.8, 4) is 5.75 Å². The van der Waals surface area contributed by atoms with Gasteiger partial charge in [-0.15, -0.1) is 0 Å². The molecule has 1 rings (SSSR count). The van der Waals surface area contributed by atoms with Crippen LogP contribution in [0.1, 0.15) is 12.5 Å². The molecule has 0 fully saturated rings. The van der Waals surface area contributed by atoms with Crippen LogP contribution in [0, 0.1) is 6.92 Å². The average molecular weight is 237 g/mol. The number of hydrogen-bond acceptors (Lipinski definition) is 4. The Bertz CT molecular complexity index is 417. The third kappa shape index (κ3) is 4.14. The number of carbonyl (C=O) groups is 2. The minimum Gasteiger partial charge on any atom is -0.482 e. The summed E-state index contributed by atoms with van der Waals surface area (Å²) in [6.45, 7) is 3.03. The van der Waals surface area contributed by atoms with Crippen LogP contribution in [0.4, 0.5) is 0 Å². The molecule has 0 aliphatic heterocycles. The van der Waals surface area contributed by atoms with E-state index in [2.05, 4.69) is 0 Å². The zero-order valence-corrected chi connectivity index (χ0v) is 9.80. The molecule has 0 saturated carbocycles. The molecule has 0 bridgehead atoms. The smallest absolute Gasteiger partial charge is 0.344 e. The Balaban J connectivity index is 2.44. The van der Waals surface area contributed by atoms with Crippen LogP contribution in [0.2, 0.25) is 0 Å². The number of benzene rings is 1. The van der Waals surface area contributed by atoms with E-state index in [1.807, 2.05) is 19.1 Å². The van der Waals surface area contributed by atoms with Gasteiger partial charge in [-0.05, 0) is 25.5 Å². The van der Waals surface area contributed by atoms with Crippen LogP contribution in [0.25, 0.3) is 0 Å². The summed E-state index contributed by atoms with van der Waals surface area (Å²) >= 11 is 0. The molecular formula is C12H15NO4. The van der Waals surface area contributed by atoms with Crippen molar-refractivity contribution in [2.45, 2.75) is 20.0 Å². The normalized spacial score (nSPS) is 11.6. The first kappa shape index (κ1) is 13.0. The lowest BCUT2D eigenvalue weighted by molar-refractivity contribution is -0.155. The molecule has 0 aromatic heterocycles. The van der Waals surface area contributed by atoms with E-state index in [4.69, 9.17) is 15.2 Å². The highest BCUT2D eigenvalue weighted by atomic mass is 16.6. The fraction of sp³-hybridized carbons (Fsp3) is 0.333. The molecule has 0 unspecified atom stereocenters. The second-order valence-electron chi connectivity index (χ2n) is 3.59. The summed E-state index contributed by atoms with van der Waals surface area (Å²) in [6, 6.07) is 7.29. The van der Waals surface area contributed by atoms with Crippen LogP contribution in [-0.4, -0.2) is 24.6 Å². The molecule has 17 heavy (non-hydrogen) atoms. The monoisotopic (exact) mass is 237 g/mol. The van der Waals surface area contributed by atoms with Crippen LogP contribution in [0.5, 0.6) is 5.75 Å². The number of para-hydroxylation sites is 1. The van der Waals surface area contributed by atoms with Gasteiger partial charge in [0.05, 0.1) is 0 Å². The van der Waals surface area contributed by atoms with E-state index in [0.29, 0.717) is 5.75 Å². The predicted molar refractivity (Wildman–Crippen MR) is 61.4 cm³/mol. The highest BCUT2D eigenvalue weighted by Crippen LogP contribution is 2.15. The highest BCUT2D eigenvalue weighted by Gasteiger charge is 2.14. The number of primary amides is 1. The van der Waals surface area contributed by atoms with E-state index in [1.54, 1.807) is 12.1 Å². The fourth-order valence-electron chi connectivity index (χ4n) is 1.14. The maximum Gasteiger partial charge on any atom is 0.344 e. The molecule has 0 spiro atoms. The predicted octanol–water partition coefficient (Wildman–Crippen LogP) is 0.791. The number of carbonyl (C=O) groups excluding carboxylic acids is 2. The van der Waals surface area contributed by atoms with E-state index in [-0.39, 0.29) is 6.61 Å². The van der Waals surface area contributed by atoms with Gasteiger partial charge in [-0.2, -0.15) is 0 Å². The van der Waals surface area contributed by atoms with Crippen molar-refractivity contribution in [1.29, 1.82) is 0 Å². The zero-order chi connectivity index (χ0) is 12.8. The van der Waals surface area contributed by atoms with Crippen molar-refractivity contribution < 1.29 is 19.1 Å². The van der Waals surface area contributed by atoms with E-state index in [0.717, 1.165) is 5.56 Å². The third-order valence-corrected chi connectivity index (χ3v) is 2.15. The Labute approximate surface area is 99.5 Å². The summed E-state index contributed by atoms with van der Waals surface area (Å²) < 4.78 is 9.99. The molecule has 0 saturated heterocycles. The van der Waals surface area contributed by atoms with Gasteiger partial charge in [0.2, 0.25) is 0 Å². The molecule has 92 valence electrons. The van der Waals surface area contributed by atoms with Crippen LogP contribution < -0.4 is 10.5 Å². The van der Waals surface area contributed by atoms with Gasteiger partial charge in [-0.1, -0.05) is 18.2 Å². The Hall–Kier alpha value is -2.04. The van der Waals surface area contributed by atoms with Gasteiger partial charge in [-0.25, -0.2) is 4.79 Å². The lowest BCUT2D eigenvalue weighted by Crippen LogP contribution is -2.32. The molecule has 0 radical (unpaired) electrons. The van der Waals surface area contributed by atoms with E-state index in [9.17, 15) is 9.59 Å². The fourth-order valence-corrected chi connectivity index (χ4v) is 1.14. The minimum absolute atomic E-state index is 0.248. The number of nitrogens with two attached hydrogens (primary N) is 1. The van der Waals surface area contributed by atoms with Crippen molar-refractivity contribution >= 4 is 11.9 Å². The summed E-state index contributed by atoms with van der Waals surface area (Å²) in [5.74, 6) is -0.704. The van der Waals surface area contributed by atoms with Gasteiger partial charge >= 0.3 is 5.97 Å². The quantitative estimate of drug-likeness (QED) is 0.768. The Morgan fingerprint density at radius 2 is 2.00 bits per heavy atom. The van der Waals surface area contributed by atoms with Crippen molar-refractivity contribution in [2.75, 3.05) is 6.61 Å². The molecule has 1 aromatic rings. The lowest BCUT2D eigenvalue weighted by Gasteiger charge is -2.11. The van der Waals surface area contributed by atoms with Gasteiger partial charge in [0.15, 0.2) is 12.7 Å². The maximum atomic E-state index is 11.3. The minimum atomic E-state index is -0.942. The van der Waals surface area contributed by atoms with Crippen molar-refractivity contribution in [2.24, 2.45) is 5.73 Å². The molecule has 5 heteroatoms. The zero-order valence-electron chi connectivity index (χ0n) is 9.80. The maximum absolute atomic E-state index is 11.3. The van der Waals surface area contributed by atoms with Gasteiger partial charge in [0, 0.05) is 0 Å². The largest absolute Gasteiger partial charge is 0.482 e. The third-order valence-electron chi connectivity index (χ3n) is 2.15. The Morgan fingerprint density at radius 1 is 1.35 bits per heavy atom. The molecule has 0 aliphatic rings. The summed E-state index contributed by atoms with van der Waals surface area (Å²) in [5.41, 5.74) is 5.88. The number of ether oxygens (including phenoxy) is 2. The van der Waals surface area contributed by atoms with Crippen LogP contribution in [0.3, 0.4) is 0 Å². The molecular weight excluding hydrogens is 222 g/mol. The first-order valence-electron chi connectivity index (χ1n) is 5.18. The second-order valence-corrected chi connectivity index (χ2v) is 3.59. The number of rotatable bonds is 5. The van der Waals surface area contributed by atoms with Crippen LogP contribution >= 0.6 is 0 Å². The van der Waals surface area contributed by atoms with Crippen LogP contribution in [0.15, 0.2) is 24.3 Å². The molecule has 0 aliphatic carbocycles. The number of amides is 1. The molecule has 5 nitrogen and oxygen atoms in total. The lowest BCUT2D eigenvalue weighted by atomic mass is 10.2. The van der Waals surface area contributed by atoms with Crippen LogP contribution in [-0.2, 0) is 14.3 Å². The highest BCUT2D eigenvalue weighted by molar-refractivity contribution is 5.82. The van der Waals surface area contributed by atoms with Gasteiger partial charge in [0.25, 0.3) is 5.91 Å². The molecule has 1 atom stereocenters. The topological polar surface area (TPSA) is 78.6 Å². The van der Waals surface area contributed by atoms with Crippen molar-refractivity contribution in [1.82, 2.24) is 0 Å². The standard InChI is InChI=1S/C12H15NO4/c1-8-5-3-4-6-10(8)16-7-11(14)17-9(2)12(13)15/h3-6,9H,7H2,1-2H3,(H2,13,15)/t9-/m0/s1. The van der Waals surface area contributed by atoms with Gasteiger partial charge in [-0.3, -0.25) is 4.79 Å². The Morgan fingerprint density at radius 3 is 2.59 bits per heavy atom. The summed E-state index contributed by atoms with van der Waals surface area (Å²) in [7, 11) is 0. The van der Waals surface area contributed by atoms with Crippen molar-refractivity contribution in [3.05, 3.63) is 29.8 Å². The Kier molecular flexibility index (Phi) is 4.51. The average Bonchev–Trinajstić information content (AvgIpc) is 2.27. The molecule has 2 N–H and O–H groups in total. The molecule has 1 amide bonds. The number of hydrogen-bond donors (Lipinski definition) is 1. The summed E-state index contributed by atoms with van der Waals surface area (Å²) in [5, 5.41) is 0. The van der Waals surface area contributed by atoms with Gasteiger partial charge < -0.3 is 15.2 Å². The number of esters is 1. The number of aryl methyl sites for hydroxylation is 1. The second kappa shape index (κ2) is 5.89. The van der Waals surface area contributed by atoms with E-state index < -0.39 is 18.0 Å². The summed E-state index contributed by atoms with van der Waals surface area (Å²) in [6.07, 6.45) is -0.942. The SMILES string of the molecule is Cc1ccccc1OCC(=O)O[C@@H](C)C(N)=O. The first-order chi connectivity index (χ1) is 8.00.